The highest BCUT2D eigenvalue weighted by Gasteiger charge is 2.18. The maximum Gasteiger partial charge on any atom is 0.333 e. The van der Waals surface area contributed by atoms with Gasteiger partial charge in [0.15, 0.2) is 11.5 Å². The molecule has 168 valence electrons. The van der Waals surface area contributed by atoms with Crippen LogP contribution in [0.15, 0.2) is 89.1 Å². The number of benzene rings is 3. The molecule has 0 aliphatic rings. The van der Waals surface area contributed by atoms with Gasteiger partial charge in [0.2, 0.25) is 0 Å². The van der Waals surface area contributed by atoms with Gasteiger partial charge in [0.05, 0.1) is 17.9 Å². The summed E-state index contributed by atoms with van der Waals surface area (Å²) in [6.45, 7) is 7.42. The van der Waals surface area contributed by atoms with Gasteiger partial charge in [-0.3, -0.25) is 4.79 Å². The van der Waals surface area contributed by atoms with Gasteiger partial charge < -0.3 is 14.6 Å². The van der Waals surface area contributed by atoms with Gasteiger partial charge in [-0.25, -0.2) is 4.79 Å². The minimum absolute atomic E-state index is 0.105. The molecule has 0 aromatic heterocycles. The van der Waals surface area contributed by atoms with E-state index in [-0.39, 0.29) is 23.7 Å². The van der Waals surface area contributed by atoms with E-state index in [1.807, 2.05) is 6.07 Å². The third-order valence-electron chi connectivity index (χ3n) is 4.59. The van der Waals surface area contributed by atoms with Gasteiger partial charge in [-0.05, 0) is 37.6 Å². The van der Waals surface area contributed by atoms with Crippen molar-refractivity contribution in [1.82, 2.24) is 0 Å². The van der Waals surface area contributed by atoms with Crippen molar-refractivity contribution in [3.8, 4) is 11.5 Å². The molecule has 0 heterocycles. The van der Waals surface area contributed by atoms with E-state index in [1.165, 1.54) is 12.1 Å². The Morgan fingerprint density at radius 2 is 1.70 bits per heavy atom. The topological polar surface area (TPSA) is 97.6 Å². The fraction of sp³-hybridized carbons (Fsp3) is 0.154. The van der Waals surface area contributed by atoms with Gasteiger partial charge in [-0.2, -0.15) is 5.11 Å². The number of carbonyl (C=O) groups is 2. The van der Waals surface area contributed by atoms with E-state index in [2.05, 4.69) is 16.8 Å². The van der Waals surface area contributed by atoms with Crippen LogP contribution in [0.3, 0.4) is 0 Å². The number of phenolic OH excluding ortho intramolecular Hbond substituents is 1. The fourth-order valence-electron chi connectivity index (χ4n) is 2.88. The van der Waals surface area contributed by atoms with Gasteiger partial charge in [0.1, 0.15) is 18.0 Å². The predicted molar refractivity (Wildman–Crippen MR) is 124 cm³/mol. The van der Waals surface area contributed by atoms with Crippen LogP contribution in [0.1, 0.15) is 35.3 Å². The van der Waals surface area contributed by atoms with Crippen molar-refractivity contribution in [3.05, 3.63) is 95.6 Å². The molecule has 7 heteroatoms. The van der Waals surface area contributed by atoms with E-state index < -0.39 is 5.97 Å². The molecule has 3 aromatic rings. The maximum atomic E-state index is 12.8. The van der Waals surface area contributed by atoms with Crippen molar-refractivity contribution in [2.75, 3.05) is 6.61 Å². The van der Waals surface area contributed by atoms with Crippen molar-refractivity contribution in [3.63, 3.8) is 0 Å². The van der Waals surface area contributed by atoms with Gasteiger partial charge >= 0.3 is 5.97 Å². The summed E-state index contributed by atoms with van der Waals surface area (Å²) >= 11 is 0. The first-order chi connectivity index (χ1) is 15.9. The normalized spacial score (nSPS) is 10.7. The van der Waals surface area contributed by atoms with E-state index in [0.29, 0.717) is 34.9 Å². The highest BCUT2D eigenvalue weighted by atomic mass is 16.5. The molecule has 1 N–H and O–H groups in total. The monoisotopic (exact) mass is 444 g/mol. The number of aromatic hydroxyl groups is 1. The van der Waals surface area contributed by atoms with Crippen molar-refractivity contribution in [2.45, 2.75) is 20.5 Å². The summed E-state index contributed by atoms with van der Waals surface area (Å²) in [4.78, 5) is 24.3. The lowest BCUT2D eigenvalue weighted by Crippen LogP contribution is -2.04. The second kappa shape index (κ2) is 10.9. The van der Waals surface area contributed by atoms with Crippen LogP contribution >= 0.6 is 0 Å². The predicted octanol–water partition coefficient (Wildman–Crippen LogP) is 6.06. The average molecular weight is 444 g/mol. The van der Waals surface area contributed by atoms with E-state index in [0.717, 1.165) is 5.56 Å². The number of ether oxygens (including phenoxy) is 2. The van der Waals surface area contributed by atoms with Gasteiger partial charge in [0.25, 0.3) is 0 Å². The first kappa shape index (κ1) is 23.4. The van der Waals surface area contributed by atoms with E-state index in [1.54, 1.807) is 62.4 Å². The average Bonchev–Trinajstić information content (AvgIpc) is 2.83. The Morgan fingerprint density at radius 3 is 2.33 bits per heavy atom. The molecule has 0 spiro atoms. The van der Waals surface area contributed by atoms with Crippen molar-refractivity contribution < 1.29 is 24.2 Å². The van der Waals surface area contributed by atoms with Gasteiger partial charge in [-0.1, -0.05) is 49.0 Å². The number of ketones is 1. The van der Waals surface area contributed by atoms with Crippen LogP contribution in [-0.4, -0.2) is 23.5 Å². The lowest BCUT2D eigenvalue weighted by molar-refractivity contribution is -0.140. The Balaban J connectivity index is 1.83. The summed E-state index contributed by atoms with van der Waals surface area (Å²) in [7, 11) is 0. The molecule has 0 bridgehead atoms. The molecule has 7 nitrogen and oxygen atoms in total. The summed E-state index contributed by atoms with van der Waals surface area (Å²) in [5, 5.41) is 18.9. The van der Waals surface area contributed by atoms with E-state index >= 15 is 0 Å². The van der Waals surface area contributed by atoms with Crippen molar-refractivity contribution in [2.24, 2.45) is 10.2 Å². The zero-order chi connectivity index (χ0) is 23.8. The molecule has 0 radical (unpaired) electrons. The summed E-state index contributed by atoms with van der Waals surface area (Å²) in [5.41, 5.74) is 2.55. The molecule has 0 saturated carbocycles. The SMILES string of the molecule is C=C(C)C(=O)OCc1ccc(/N=N/c2cc(C(=O)c3ccccc3)c(O)cc2OCC)cc1. The minimum atomic E-state index is -0.449. The van der Waals surface area contributed by atoms with Crippen molar-refractivity contribution >= 4 is 23.1 Å². The van der Waals surface area contributed by atoms with Crippen LogP contribution < -0.4 is 4.74 Å². The Kier molecular flexibility index (Phi) is 7.70. The molecule has 0 aliphatic heterocycles. The number of azo groups is 1. The standard InChI is InChI=1S/C26H24N2O5/c1-4-32-24-15-23(29)21(25(30)19-8-6-5-7-9-19)14-22(24)28-27-20-12-10-18(11-13-20)16-33-26(31)17(2)3/h5-15,29H,2,4,16H2,1,3H3/b28-27+. The Morgan fingerprint density at radius 1 is 1.00 bits per heavy atom. The number of rotatable bonds is 9. The van der Waals surface area contributed by atoms with E-state index in [4.69, 9.17) is 9.47 Å². The molecule has 0 amide bonds. The lowest BCUT2D eigenvalue weighted by atomic mass is 10.0. The summed E-state index contributed by atoms with van der Waals surface area (Å²) in [6, 6.07) is 18.5. The highest BCUT2D eigenvalue weighted by molar-refractivity contribution is 6.11. The zero-order valence-electron chi connectivity index (χ0n) is 18.4. The summed E-state index contributed by atoms with van der Waals surface area (Å²) in [6.07, 6.45) is 0. The second-order valence-electron chi connectivity index (χ2n) is 7.19. The minimum Gasteiger partial charge on any atom is -0.507 e. The first-order valence-corrected chi connectivity index (χ1v) is 10.3. The number of phenols is 1. The van der Waals surface area contributed by atoms with Crippen LogP contribution in [-0.2, 0) is 16.1 Å². The zero-order valence-corrected chi connectivity index (χ0v) is 18.4. The Hall–Kier alpha value is -4.26. The molecule has 3 rings (SSSR count). The fourth-order valence-corrected chi connectivity index (χ4v) is 2.88. The number of hydrogen-bond acceptors (Lipinski definition) is 7. The van der Waals surface area contributed by atoms with E-state index in [9.17, 15) is 14.7 Å². The van der Waals surface area contributed by atoms with Crippen LogP contribution in [0, 0.1) is 0 Å². The molecular formula is C26H24N2O5. The van der Waals surface area contributed by atoms with Crippen LogP contribution in [0.4, 0.5) is 11.4 Å². The van der Waals surface area contributed by atoms with Crippen LogP contribution in [0.2, 0.25) is 0 Å². The smallest absolute Gasteiger partial charge is 0.333 e. The van der Waals surface area contributed by atoms with Gasteiger partial charge in [-0.15, -0.1) is 5.11 Å². The van der Waals surface area contributed by atoms with Crippen molar-refractivity contribution in [1.29, 1.82) is 0 Å². The lowest BCUT2D eigenvalue weighted by Gasteiger charge is -2.10. The molecule has 0 aliphatic carbocycles. The summed E-state index contributed by atoms with van der Waals surface area (Å²) in [5.74, 6) is -0.664. The third kappa shape index (κ3) is 6.13. The Bertz CT molecular complexity index is 1190. The molecule has 0 fully saturated rings. The number of nitrogens with zero attached hydrogens (tertiary/aromatic N) is 2. The summed E-state index contributed by atoms with van der Waals surface area (Å²) < 4.78 is 10.7. The molecule has 0 atom stereocenters. The van der Waals surface area contributed by atoms with Gasteiger partial charge in [0, 0.05) is 17.2 Å². The highest BCUT2D eigenvalue weighted by Crippen LogP contribution is 2.36. The number of esters is 1. The Labute approximate surface area is 192 Å². The quantitative estimate of drug-likeness (QED) is 0.187. The third-order valence-corrected chi connectivity index (χ3v) is 4.59. The molecular weight excluding hydrogens is 420 g/mol. The molecule has 0 unspecified atom stereocenters. The molecule has 3 aromatic carbocycles. The number of carbonyl (C=O) groups excluding carboxylic acids is 2. The van der Waals surface area contributed by atoms with Crippen LogP contribution in [0.5, 0.6) is 11.5 Å². The molecule has 0 saturated heterocycles. The second-order valence-corrected chi connectivity index (χ2v) is 7.19. The number of hydrogen-bond donors (Lipinski definition) is 1. The molecule has 33 heavy (non-hydrogen) atoms. The maximum absolute atomic E-state index is 12.8. The first-order valence-electron chi connectivity index (χ1n) is 10.3. The largest absolute Gasteiger partial charge is 0.507 e. The van der Waals surface area contributed by atoms with Crippen LogP contribution in [0.25, 0.3) is 0 Å².